The zero-order valence-corrected chi connectivity index (χ0v) is 11.0. The quantitative estimate of drug-likeness (QED) is 0.655. The molecule has 1 rings (SSSR count). The SMILES string of the molecule is CCCN(CCCl)CC1CCC(C)(C)O1. The molecular weight excluding hydrogens is 210 g/mol. The van der Waals surface area contributed by atoms with Gasteiger partial charge < -0.3 is 4.74 Å². The number of rotatable bonds is 6. The van der Waals surface area contributed by atoms with Crippen LogP contribution >= 0.6 is 11.6 Å². The molecule has 1 aliphatic rings. The maximum Gasteiger partial charge on any atom is 0.0710 e. The number of alkyl halides is 1. The fraction of sp³-hybridized carbons (Fsp3) is 1.00. The first-order chi connectivity index (χ1) is 7.07. The molecule has 1 unspecified atom stereocenters. The molecule has 0 spiro atoms. The van der Waals surface area contributed by atoms with Crippen LogP contribution in [0.1, 0.15) is 40.0 Å². The van der Waals surface area contributed by atoms with E-state index in [1.54, 1.807) is 0 Å². The van der Waals surface area contributed by atoms with Gasteiger partial charge in [0.15, 0.2) is 0 Å². The Morgan fingerprint density at radius 2 is 2.13 bits per heavy atom. The van der Waals surface area contributed by atoms with Crippen LogP contribution in [0.25, 0.3) is 0 Å². The molecule has 90 valence electrons. The first-order valence-electron chi connectivity index (χ1n) is 6.03. The topological polar surface area (TPSA) is 12.5 Å². The molecule has 0 aliphatic carbocycles. The third-order valence-electron chi connectivity index (χ3n) is 2.96. The van der Waals surface area contributed by atoms with Gasteiger partial charge in [-0.3, -0.25) is 4.90 Å². The van der Waals surface area contributed by atoms with E-state index in [1.165, 1.54) is 19.3 Å². The normalized spacial score (nSPS) is 25.0. The summed E-state index contributed by atoms with van der Waals surface area (Å²) < 4.78 is 5.99. The molecular formula is C12H24ClNO. The Hall–Kier alpha value is 0.210. The molecule has 1 saturated heterocycles. The summed E-state index contributed by atoms with van der Waals surface area (Å²) in [4.78, 5) is 2.42. The van der Waals surface area contributed by atoms with Gasteiger partial charge in [0.2, 0.25) is 0 Å². The van der Waals surface area contributed by atoms with Crippen LogP contribution in [0, 0.1) is 0 Å². The van der Waals surface area contributed by atoms with Crippen LogP contribution in [0.2, 0.25) is 0 Å². The van der Waals surface area contributed by atoms with Gasteiger partial charge in [0.05, 0.1) is 11.7 Å². The van der Waals surface area contributed by atoms with Crippen molar-refractivity contribution < 1.29 is 4.74 Å². The van der Waals surface area contributed by atoms with Gasteiger partial charge in [-0.2, -0.15) is 0 Å². The highest BCUT2D eigenvalue weighted by atomic mass is 35.5. The molecule has 3 heteroatoms. The van der Waals surface area contributed by atoms with Gasteiger partial charge in [0, 0.05) is 19.0 Å². The summed E-state index contributed by atoms with van der Waals surface area (Å²) in [7, 11) is 0. The molecule has 0 amide bonds. The average Bonchev–Trinajstić information content (AvgIpc) is 2.46. The monoisotopic (exact) mass is 233 g/mol. The largest absolute Gasteiger partial charge is 0.371 e. The maximum absolute atomic E-state index is 5.99. The summed E-state index contributed by atoms with van der Waals surface area (Å²) in [5, 5.41) is 0. The van der Waals surface area contributed by atoms with Gasteiger partial charge in [0.25, 0.3) is 0 Å². The lowest BCUT2D eigenvalue weighted by Gasteiger charge is -2.25. The minimum Gasteiger partial charge on any atom is -0.371 e. The van der Waals surface area contributed by atoms with Crippen LogP contribution in [0.3, 0.4) is 0 Å². The van der Waals surface area contributed by atoms with E-state index in [0.717, 1.165) is 25.5 Å². The van der Waals surface area contributed by atoms with E-state index in [2.05, 4.69) is 25.7 Å². The number of hydrogen-bond donors (Lipinski definition) is 0. The highest BCUT2D eigenvalue weighted by molar-refractivity contribution is 6.18. The second kappa shape index (κ2) is 6.07. The van der Waals surface area contributed by atoms with E-state index in [9.17, 15) is 0 Å². The van der Waals surface area contributed by atoms with Crippen molar-refractivity contribution >= 4 is 11.6 Å². The van der Waals surface area contributed by atoms with Gasteiger partial charge in [-0.25, -0.2) is 0 Å². The van der Waals surface area contributed by atoms with Gasteiger partial charge in [-0.05, 0) is 39.7 Å². The molecule has 1 aliphatic heterocycles. The van der Waals surface area contributed by atoms with E-state index in [4.69, 9.17) is 16.3 Å². The van der Waals surface area contributed by atoms with E-state index < -0.39 is 0 Å². The molecule has 15 heavy (non-hydrogen) atoms. The summed E-state index contributed by atoms with van der Waals surface area (Å²) in [6, 6.07) is 0. The predicted molar refractivity (Wildman–Crippen MR) is 65.6 cm³/mol. The first-order valence-corrected chi connectivity index (χ1v) is 6.57. The highest BCUT2D eigenvalue weighted by Crippen LogP contribution is 2.29. The van der Waals surface area contributed by atoms with Crippen LogP contribution in [0.5, 0.6) is 0 Å². The van der Waals surface area contributed by atoms with Gasteiger partial charge in [0.1, 0.15) is 0 Å². The lowest BCUT2D eigenvalue weighted by molar-refractivity contribution is -0.0280. The van der Waals surface area contributed by atoms with E-state index >= 15 is 0 Å². The van der Waals surface area contributed by atoms with Crippen molar-refractivity contribution in [3.63, 3.8) is 0 Å². The van der Waals surface area contributed by atoms with Crippen molar-refractivity contribution in [1.82, 2.24) is 4.90 Å². The molecule has 1 fully saturated rings. The van der Waals surface area contributed by atoms with E-state index in [1.807, 2.05) is 0 Å². The molecule has 2 nitrogen and oxygen atoms in total. The van der Waals surface area contributed by atoms with Crippen LogP contribution in [0.4, 0.5) is 0 Å². The molecule has 1 atom stereocenters. The Bertz CT molecular complexity index is 178. The zero-order chi connectivity index (χ0) is 11.3. The van der Waals surface area contributed by atoms with Crippen molar-refractivity contribution in [2.75, 3.05) is 25.5 Å². The second-order valence-electron chi connectivity index (χ2n) is 5.03. The summed E-state index contributed by atoms with van der Waals surface area (Å²) >= 11 is 5.79. The van der Waals surface area contributed by atoms with E-state index in [0.29, 0.717) is 6.10 Å². The number of nitrogens with zero attached hydrogens (tertiary/aromatic N) is 1. The molecule has 0 N–H and O–H groups in total. The van der Waals surface area contributed by atoms with Crippen molar-refractivity contribution in [2.45, 2.75) is 51.7 Å². The Morgan fingerprint density at radius 1 is 1.40 bits per heavy atom. The van der Waals surface area contributed by atoms with Crippen molar-refractivity contribution in [1.29, 1.82) is 0 Å². The Labute approximate surface area is 98.9 Å². The predicted octanol–water partition coefficient (Wildman–Crippen LogP) is 2.89. The second-order valence-corrected chi connectivity index (χ2v) is 5.41. The summed E-state index contributed by atoms with van der Waals surface area (Å²) in [6.07, 6.45) is 3.97. The lowest BCUT2D eigenvalue weighted by Crippen LogP contribution is -2.35. The van der Waals surface area contributed by atoms with Gasteiger partial charge in [-0.1, -0.05) is 6.92 Å². The average molecular weight is 234 g/mol. The molecule has 1 heterocycles. The smallest absolute Gasteiger partial charge is 0.0710 e. The summed E-state index contributed by atoms with van der Waals surface area (Å²) in [6.45, 7) is 9.73. The van der Waals surface area contributed by atoms with Crippen molar-refractivity contribution in [3.8, 4) is 0 Å². The number of halogens is 1. The first kappa shape index (κ1) is 13.3. The fourth-order valence-corrected chi connectivity index (χ4v) is 2.46. The lowest BCUT2D eigenvalue weighted by atomic mass is 10.1. The standard InChI is InChI=1S/C12H24ClNO/c1-4-8-14(9-7-13)10-11-5-6-12(2,3)15-11/h11H,4-10H2,1-3H3. The van der Waals surface area contributed by atoms with E-state index in [-0.39, 0.29) is 5.60 Å². The molecule has 0 aromatic carbocycles. The Kier molecular flexibility index (Phi) is 5.37. The number of ether oxygens (including phenoxy) is 1. The Balaban J connectivity index is 2.32. The fourth-order valence-electron chi connectivity index (χ4n) is 2.22. The van der Waals surface area contributed by atoms with Crippen LogP contribution in [-0.4, -0.2) is 42.1 Å². The highest BCUT2D eigenvalue weighted by Gasteiger charge is 2.32. The minimum absolute atomic E-state index is 0.0868. The maximum atomic E-state index is 5.99. The molecule has 0 bridgehead atoms. The van der Waals surface area contributed by atoms with Gasteiger partial charge >= 0.3 is 0 Å². The van der Waals surface area contributed by atoms with Crippen LogP contribution in [-0.2, 0) is 4.74 Å². The van der Waals surface area contributed by atoms with Crippen LogP contribution in [0.15, 0.2) is 0 Å². The van der Waals surface area contributed by atoms with Gasteiger partial charge in [-0.15, -0.1) is 11.6 Å². The zero-order valence-electron chi connectivity index (χ0n) is 10.3. The molecule has 0 aromatic heterocycles. The minimum atomic E-state index is 0.0868. The third kappa shape index (κ3) is 4.71. The van der Waals surface area contributed by atoms with Crippen molar-refractivity contribution in [3.05, 3.63) is 0 Å². The third-order valence-corrected chi connectivity index (χ3v) is 3.13. The summed E-state index contributed by atoms with van der Waals surface area (Å²) in [5.74, 6) is 0.718. The molecule has 0 saturated carbocycles. The summed E-state index contributed by atoms with van der Waals surface area (Å²) in [5.41, 5.74) is 0.0868. The molecule has 0 radical (unpaired) electrons. The molecule has 0 aromatic rings. The number of hydrogen-bond acceptors (Lipinski definition) is 2. The Morgan fingerprint density at radius 3 is 2.60 bits per heavy atom. The van der Waals surface area contributed by atoms with Crippen LogP contribution < -0.4 is 0 Å². The van der Waals surface area contributed by atoms with Crippen molar-refractivity contribution in [2.24, 2.45) is 0 Å².